The molecule has 0 amide bonds. The van der Waals surface area contributed by atoms with Crippen LogP contribution in [0, 0.1) is 11.3 Å². The fourth-order valence-electron chi connectivity index (χ4n) is 0.961. The predicted molar refractivity (Wildman–Crippen MR) is 60.7 cm³/mol. The lowest BCUT2D eigenvalue weighted by Crippen LogP contribution is -2.42. The Kier molecular flexibility index (Phi) is 3.89. The van der Waals surface area contributed by atoms with Crippen molar-refractivity contribution in [2.75, 3.05) is 11.9 Å². The molecule has 0 aliphatic rings. The zero-order valence-corrected chi connectivity index (χ0v) is 9.69. The van der Waals surface area contributed by atoms with Gasteiger partial charge in [-0.15, -0.1) is 0 Å². The maximum absolute atomic E-state index is 10.6. The monoisotopic (exact) mass is 255 g/mol. The maximum Gasteiger partial charge on any atom is 0.337 e. The number of aromatic nitrogens is 1. The minimum atomic E-state index is -1.92. The SMILES string of the molecule is C[C@](O)(CNc1ncc(C#N)cc1Cl)C(=O)O. The van der Waals surface area contributed by atoms with E-state index in [4.69, 9.17) is 22.0 Å². The van der Waals surface area contributed by atoms with Gasteiger partial charge in [0.2, 0.25) is 0 Å². The molecule has 1 heterocycles. The number of aliphatic carboxylic acids is 1. The van der Waals surface area contributed by atoms with Crippen molar-refractivity contribution in [3.05, 3.63) is 22.8 Å². The van der Waals surface area contributed by atoms with E-state index >= 15 is 0 Å². The van der Waals surface area contributed by atoms with E-state index in [1.807, 2.05) is 6.07 Å². The van der Waals surface area contributed by atoms with Gasteiger partial charge in [-0.05, 0) is 13.0 Å². The van der Waals surface area contributed by atoms with Crippen LogP contribution in [0.1, 0.15) is 12.5 Å². The minimum Gasteiger partial charge on any atom is -0.479 e. The average molecular weight is 256 g/mol. The molecule has 0 saturated heterocycles. The molecule has 90 valence electrons. The molecule has 17 heavy (non-hydrogen) atoms. The van der Waals surface area contributed by atoms with E-state index in [-0.39, 0.29) is 17.4 Å². The second kappa shape index (κ2) is 4.99. The third-order valence-corrected chi connectivity index (χ3v) is 2.32. The summed E-state index contributed by atoms with van der Waals surface area (Å²) in [7, 11) is 0. The second-order valence-corrected chi connectivity index (χ2v) is 4.01. The lowest BCUT2D eigenvalue weighted by molar-refractivity contribution is -0.155. The van der Waals surface area contributed by atoms with E-state index in [9.17, 15) is 9.90 Å². The van der Waals surface area contributed by atoms with E-state index in [2.05, 4.69) is 10.3 Å². The highest BCUT2D eigenvalue weighted by atomic mass is 35.5. The van der Waals surface area contributed by atoms with Crippen molar-refractivity contribution < 1.29 is 15.0 Å². The van der Waals surface area contributed by atoms with Crippen LogP contribution in [0.2, 0.25) is 5.02 Å². The molecule has 0 aromatic carbocycles. The Bertz CT molecular complexity index is 482. The number of carboxylic acids is 1. The number of halogens is 1. The molecule has 0 aliphatic heterocycles. The normalized spacial score (nSPS) is 13.5. The number of anilines is 1. The van der Waals surface area contributed by atoms with Crippen LogP contribution >= 0.6 is 11.6 Å². The Morgan fingerprint density at radius 1 is 1.76 bits per heavy atom. The van der Waals surface area contributed by atoms with Crippen LogP contribution in [0.3, 0.4) is 0 Å². The van der Waals surface area contributed by atoms with Crippen LogP contribution in [0.25, 0.3) is 0 Å². The smallest absolute Gasteiger partial charge is 0.337 e. The summed E-state index contributed by atoms with van der Waals surface area (Å²) in [4.78, 5) is 14.5. The molecular weight excluding hydrogens is 246 g/mol. The summed E-state index contributed by atoms with van der Waals surface area (Å²) in [6, 6.07) is 3.26. The first-order valence-corrected chi connectivity index (χ1v) is 5.00. The third kappa shape index (κ3) is 3.31. The molecule has 0 aliphatic carbocycles. The topological polar surface area (TPSA) is 106 Å². The molecule has 6 nitrogen and oxygen atoms in total. The van der Waals surface area contributed by atoms with Gasteiger partial charge in [0.25, 0.3) is 0 Å². The quantitative estimate of drug-likeness (QED) is 0.737. The Morgan fingerprint density at radius 2 is 2.41 bits per heavy atom. The van der Waals surface area contributed by atoms with Gasteiger partial charge >= 0.3 is 5.97 Å². The average Bonchev–Trinajstić information content (AvgIpc) is 2.27. The van der Waals surface area contributed by atoms with Crippen molar-refractivity contribution in [2.24, 2.45) is 0 Å². The van der Waals surface area contributed by atoms with Crippen molar-refractivity contribution in [3.63, 3.8) is 0 Å². The molecule has 1 aromatic heterocycles. The van der Waals surface area contributed by atoms with E-state index in [0.29, 0.717) is 5.56 Å². The van der Waals surface area contributed by atoms with Gasteiger partial charge in [-0.3, -0.25) is 0 Å². The molecule has 0 unspecified atom stereocenters. The molecule has 0 fully saturated rings. The fourth-order valence-corrected chi connectivity index (χ4v) is 1.19. The predicted octanol–water partition coefficient (Wildman–Crippen LogP) is 0.854. The van der Waals surface area contributed by atoms with Gasteiger partial charge in [0.1, 0.15) is 11.9 Å². The van der Waals surface area contributed by atoms with Gasteiger partial charge in [0.15, 0.2) is 5.60 Å². The van der Waals surface area contributed by atoms with Crippen LogP contribution < -0.4 is 5.32 Å². The fraction of sp³-hybridized carbons (Fsp3) is 0.300. The number of nitrogens with zero attached hydrogens (tertiary/aromatic N) is 2. The van der Waals surface area contributed by atoms with E-state index in [1.54, 1.807) is 0 Å². The summed E-state index contributed by atoms with van der Waals surface area (Å²) >= 11 is 5.81. The van der Waals surface area contributed by atoms with Gasteiger partial charge in [-0.2, -0.15) is 5.26 Å². The van der Waals surface area contributed by atoms with Crippen LogP contribution in [-0.2, 0) is 4.79 Å². The summed E-state index contributed by atoms with van der Waals surface area (Å²) in [5.74, 6) is -1.14. The summed E-state index contributed by atoms with van der Waals surface area (Å²) in [5, 5.41) is 29.5. The van der Waals surface area contributed by atoms with Crippen LogP contribution in [0.4, 0.5) is 5.82 Å². The van der Waals surface area contributed by atoms with Crippen molar-refractivity contribution in [2.45, 2.75) is 12.5 Å². The third-order valence-electron chi connectivity index (χ3n) is 2.03. The molecule has 1 atom stereocenters. The van der Waals surface area contributed by atoms with E-state index < -0.39 is 11.6 Å². The highest BCUT2D eigenvalue weighted by Crippen LogP contribution is 2.20. The Morgan fingerprint density at radius 3 is 2.88 bits per heavy atom. The standard InChI is InChI=1S/C10H10ClN3O3/c1-10(17,9(15)16)5-14-8-7(11)2-6(3-12)4-13-8/h2,4,17H,5H2,1H3,(H,13,14)(H,15,16)/t10-/m0/s1. The lowest BCUT2D eigenvalue weighted by Gasteiger charge is -2.18. The maximum atomic E-state index is 10.6. The van der Waals surface area contributed by atoms with Gasteiger partial charge in [-0.25, -0.2) is 9.78 Å². The summed E-state index contributed by atoms with van der Waals surface area (Å²) in [5.41, 5.74) is -1.62. The number of carboxylic acid groups (broad SMARTS) is 1. The molecule has 0 spiro atoms. The van der Waals surface area contributed by atoms with Crippen molar-refractivity contribution >= 4 is 23.4 Å². The van der Waals surface area contributed by atoms with Crippen LogP contribution in [0.15, 0.2) is 12.3 Å². The minimum absolute atomic E-state index is 0.185. The highest BCUT2D eigenvalue weighted by molar-refractivity contribution is 6.33. The molecule has 0 saturated carbocycles. The number of aliphatic hydroxyl groups is 1. The summed E-state index contributed by atoms with van der Waals surface area (Å²) in [6.45, 7) is 0.904. The summed E-state index contributed by atoms with van der Waals surface area (Å²) in [6.07, 6.45) is 1.30. The Labute approximate surface area is 102 Å². The zero-order chi connectivity index (χ0) is 13.1. The number of hydrogen-bond donors (Lipinski definition) is 3. The number of pyridine rings is 1. The van der Waals surface area contributed by atoms with E-state index in [0.717, 1.165) is 6.92 Å². The number of nitriles is 1. The molecular formula is C10H10ClN3O3. The first-order chi connectivity index (χ1) is 7.86. The molecule has 1 aromatic rings. The number of rotatable bonds is 4. The van der Waals surface area contributed by atoms with Gasteiger partial charge < -0.3 is 15.5 Å². The van der Waals surface area contributed by atoms with Gasteiger partial charge in [0.05, 0.1) is 17.1 Å². The lowest BCUT2D eigenvalue weighted by atomic mass is 10.1. The number of hydrogen-bond acceptors (Lipinski definition) is 5. The van der Waals surface area contributed by atoms with Gasteiger partial charge in [-0.1, -0.05) is 11.6 Å². The molecule has 0 bridgehead atoms. The molecule has 1 rings (SSSR count). The van der Waals surface area contributed by atoms with E-state index in [1.165, 1.54) is 12.3 Å². The van der Waals surface area contributed by atoms with Crippen molar-refractivity contribution in [3.8, 4) is 6.07 Å². The first kappa shape index (κ1) is 13.2. The Hall–Kier alpha value is -1.84. The van der Waals surface area contributed by atoms with Crippen LogP contribution in [-0.4, -0.2) is 33.3 Å². The Balaban J connectivity index is 2.78. The van der Waals surface area contributed by atoms with Gasteiger partial charge in [0, 0.05) is 6.20 Å². The molecule has 0 radical (unpaired) electrons. The zero-order valence-electron chi connectivity index (χ0n) is 8.94. The molecule has 7 heteroatoms. The van der Waals surface area contributed by atoms with Crippen LogP contribution in [0.5, 0.6) is 0 Å². The first-order valence-electron chi connectivity index (χ1n) is 4.62. The summed E-state index contributed by atoms with van der Waals surface area (Å²) < 4.78 is 0. The number of nitrogens with one attached hydrogen (secondary N) is 1. The molecule has 3 N–H and O–H groups in total. The highest BCUT2D eigenvalue weighted by Gasteiger charge is 2.29. The number of carbonyl (C=O) groups is 1. The largest absolute Gasteiger partial charge is 0.479 e. The second-order valence-electron chi connectivity index (χ2n) is 3.60. The van der Waals surface area contributed by atoms with Crippen molar-refractivity contribution in [1.29, 1.82) is 5.26 Å². The van der Waals surface area contributed by atoms with Crippen molar-refractivity contribution in [1.82, 2.24) is 4.98 Å².